The lowest BCUT2D eigenvalue weighted by atomic mass is 10.1. The molecule has 3 rings (SSSR count). The topological polar surface area (TPSA) is 66.0 Å². The van der Waals surface area contributed by atoms with Gasteiger partial charge in [-0.2, -0.15) is 0 Å². The first-order chi connectivity index (χ1) is 13.6. The number of nitrogens with one attached hydrogen (secondary N) is 2. The fourth-order valence-electron chi connectivity index (χ4n) is 3.94. The van der Waals surface area contributed by atoms with Crippen LogP contribution in [0.15, 0.2) is 29.3 Å². The first-order valence-electron chi connectivity index (χ1n) is 10.2. The van der Waals surface area contributed by atoms with E-state index in [0.29, 0.717) is 23.2 Å². The maximum absolute atomic E-state index is 12.6. The van der Waals surface area contributed by atoms with Gasteiger partial charge in [-0.25, -0.2) is 0 Å². The number of ether oxygens (including phenoxy) is 1. The van der Waals surface area contributed by atoms with Gasteiger partial charge in [-0.05, 0) is 38.3 Å². The number of carbonyl (C=O) groups is 1. The van der Waals surface area contributed by atoms with Crippen LogP contribution >= 0.6 is 11.6 Å². The lowest BCUT2D eigenvalue weighted by Crippen LogP contribution is -2.47. The van der Waals surface area contributed by atoms with E-state index in [1.54, 1.807) is 7.05 Å². The number of aliphatic imine (C=N–C) groups is 1. The van der Waals surface area contributed by atoms with Crippen LogP contribution in [0.3, 0.4) is 0 Å². The van der Waals surface area contributed by atoms with Gasteiger partial charge >= 0.3 is 0 Å². The molecule has 1 amide bonds. The third-order valence-corrected chi connectivity index (χ3v) is 5.80. The van der Waals surface area contributed by atoms with Gasteiger partial charge in [0.25, 0.3) is 0 Å². The zero-order valence-corrected chi connectivity index (χ0v) is 17.5. The van der Waals surface area contributed by atoms with Gasteiger partial charge in [0.05, 0.1) is 11.6 Å². The molecule has 0 aromatic heterocycles. The largest absolute Gasteiger partial charge is 0.487 e. The molecule has 2 unspecified atom stereocenters. The highest BCUT2D eigenvalue weighted by atomic mass is 35.5. The monoisotopic (exact) mass is 406 g/mol. The number of guanidine groups is 1. The molecule has 1 aromatic carbocycles. The SMILES string of the molecule is CN=C(NCC(C)Oc1ccccc1Cl)NC1CCN(C(=O)C2CCCC2)C1. The van der Waals surface area contributed by atoms with Crippen LogP contribution in [-0.4, -0.2) is 55.6 Å². The van der Waals surface area contributed by atoms with Gasteiger partial charge in [0.2, 0.25) is 5.91 Å². The summed E-state index contributed by atoms with van der Waals surface area (Å²) in [6.45, 7) is 4.17. The number of rotatable bonds is 6. The van der Waals surface area contributed by atoms with Crippen LogP contribution in [0.5, 0.6) is 5.75 Å². The molecule has 1 heterocycles. The van der Waals surface area contributed by atoms with E-state index in [9.17, 15) is 4.79 Å². The predicted octanol–water partition coefficient (Wildman–Crippen LogP) is 3.06. The molecular formula is C21H31ClN4O2. The molecule has 154 valence electrons. The van der Waals surface area contributed by atoms with E-state index in [0.717, 1.165) is 38.3 Å². The zero-order valence-electron chi connectivity index (χ0n) is 16.8. The van der Waals surface area contributed by atoms with Crippen LogP contribution in [0.25, 0.3) is 0 Å². The highest BCUT2D eigenvalue weighted by Gasteiger charge is 2.32. The molecule has 28 heavy (non-hydrogen) atoms. The van der Waals surface area contributed by atoms with Gasteiger partial charge in [0, 0.05) is 32.1 Å². The van der Waals surface area contributed by atoms with E-state index in [-0.39, 0.29) is 18.1 Å². The van der Waals surface area contributed by atoms with Crippen molar-refractivity contribution in [1.29, 1.82) is 0 Å². The molecule has 7 heteroatoms. The molecule has 6 nitrogen and oxygen atoms in total. The Kier molecular flexibility index (Phi) is 7.43. The Labute approximate surface area is 172 Å². The number of benzene rings is 1. The number of halogens is 1. The molecule has 2 aliphatic rings. The van der Waals surface area contributed by atoms with Crippen molar-refractivity contribution in [1.82, 2.24) is 15.5 Å². The molecule has 2 atom stereocenters. The average Bonchev–Trinajstić information content (AvgIpc) is 3.38. The molecule has 0 bridgehead atoms. The van der Waals surface area contributed by atoms with Gasteiger partial charge in [-0.15, -0.1) is 0 Å². The quantitative estimate of drug-likeness (QED) is 0.563. The molecule has 1 aromatic rings. The molecule has 2 fully saturated rings. The number of para-hydroxylation sites is 1. The van der Waals surface area contributed by atoms with E-state index in [2.05, 4.69) is 15.6 Å². The third kappa shape index (κ3) is 5.53. The Morgan fingerprint density at radius 1 is 1.32 bits per heavy atom. The van der Waals surface area contributed by atoms with E-state index in [1.807, 2.05) is 36.1 Å². The summed E-state index contributed by atoms with van der Waals surface area (Å²) in [5.41, 5.74) is 0. The molecule has 0 spiro atoms. The lowest BCUT2D eigenvalue weighted by molar-refractivity contribution is -0.134. The number of amides is 1. The lowest BCUT2D eigenvalue weighted by Gasteiger charge is -2.22. The van der Waals surface area contributed by atoms with Crippen molar-refractivity contribution < 1.29 is 9.53 Å². The van der Waals surface area contributed by atoms with Crippen molar-refractivity contribution in [2.24, 2.45) is 10.9 Å². The van der Waals surface area contributed by atoms with Crippen LogP contribution in [0.4, 0.5) is 0 Å². The fraction of sp³-hybridized carbons (Fsp3) is 0.619. The number of hydrogen-bond donors (Lipinski definition) is 2. The third-order valence-electron chi connectivity index (χ3n) is 5.49. The Morgan fingerprint density at radius 3 is 2.79 bits per heavy atom. The van der Waals surface area contributed by atoms with E-state index < -0.39 is 0 Å². The minimum atomic E-state index is -0.0672. The summed E-state index contributed by atoms with van der Waals surface area (Å²) in [7, 11) is 1.76. The number of hydrogen-bond acceptors (Lipinski definition) is 3. The second kappa shape index (κ2) is 10.0. The highest BCUT2D eigenvalue weighted by molar-refractivity contribution is 6.32. The maximum atomic E-state index is 12.6. The van der Waals surface area contributed by atoms with Crippen LogP contribution in [-0.2, 0) is 4.79 Å². The molecule has 0 radical (unpaired) electrons. The summed E-state index contributed by atoms with van der Waals surface area (Å²) in [5.74, 6) is 2.00. The molecule has 1 saturated heterocycles. The van der Waals surface area contributed by atoms with E-state index >= 15 is 0 Å². The highest BCUT2D eigenvalue weighted by Crippen LogP contribution is 2.28. The summed E-state index contributed by atoms with van der Waals surface area (Å²) in [4.78, 5) is 18.9. The smallest absolute Gasteiger partial charge is 0.225 e. The van der Waals surface area contributed by atoms with Crippen molar-refractivity contribution >= 4 is 23.5 Å². The van der Waals surface area contributed by atoms with Crippen LogP contribution < -0.4 is 15.4 Å². The second-order valence-corrected chi connectivity index (χ2v) is 8.11. The van der Waals surface area contributed by atoms with Crippen molar-refractivity contribution in [3.8, 4) is 5.75 Å². The summed E-state index contributed by atoms with van der Waals surface area (Å²) >= 11 is 6.14. The maximum Gasteiger partial charge on any atom is 0.225 e. The summed E-state index contributed by atoms with van der Waals surface area (Å²) in [6.07, 6.45) is 5.38. The molecule has 1 aliphatic carbocycles. The Morgan fingerprint density at radius 2 is 2.07 bits per heavy atom. The summed E-state index contributed by atoms with van der Waals surface area (Å²) in [6, 6.07) is 7.69. The minimum Gasteiger partial charge on any atom is -0.487 e. The van der Waals surface area contributed by atoms with Crippen molar-refractivity contribution in [2.75, 3.05) is 26.7 Å². The Balaban J connectivity index is 1.42. The normalized spacial score (nSPS) is 21.6. The second-order valence-electron chi connectivity index (χ2n) is 7.71. The fourth-order valence-corrected chi connectivity index (χ4v) is 4.12. The van der Waals surface area contributed by atoms with Crippen LogP contribution in [0.1, 0.15) is 39.0 Å². The van der Waals surface area contributed by atoms with E-state index in [4.69, 9.17) is 16.3 Å². The van der Waals surface area contributed by atoms with E-state index in [1.165, 1.54) is 12.8 Å². The first-order valence-corrected chi connectivity index (χ1v) is 10.6. The van der Waals surface area contributed by atoms with Crippen LogP contribution in [0, 0.1) is 5.92 Å². The molecule has 1 aliphatic heterocycles. The van der Waals surface area contributed by atoms with Gasteiger partial charge in [0.1, 0.15) is 11.9 Å². The Bertz CT molecular complexity index is 691. The summed E-state index contributed by atoms with van der Waals surface area (Å²) in [5, 5.41) is 7.34. The average molecular weight is 407 g/mol. The molecule has 1 saturated carbocycles. The number of nitrogens with zero attached hydrogens (tertiary/aromatic N) is 2. The standard InChI is InChI=1S/C21H31ClN4O2/c1-15(28-19-10-6-5-9-18(19)22)13-24-21(23-2)25-17-11-12-26(14-17)20(27)16-7-3-4-8-16/h5-6,9-10,15-17H,3-4,7-8,11-14H2,1-2H3,(H2,23,24,25). The zero-order chi connectivity index (χ0) is 19.9. The molecule has 2 N–H and O–H groups in total. The van der Waals surface area contributed by atoms with Crippen molar-refractivity contribution in [3.63, 3.8) is 0 Å². The minimum absolute atomic E-state index is 0.0672. The number of carbonyl (C=O) groups excluding carboxylic acids is 1. The number of likely N-dealkylation sites (tertiary alicyclic amines) is 1. The van der Waals surface area contributed by atoms with Gasteiger partial charge in [0.15, 0.2) is 5.96 Å². The predicted molar refractivity (Wildman–Crippen MR) is 113 cm³/mol. The van der Waals surface area contributed by atoms with Crippen molar-refractivity contribution in [3.05, 3.63) is 29.3 Å². The Hall–Kier alpha value is -1.95. The van der Waals surface area contributed by atoms with Crippen LogP contribution in [0.2, 0.25) is 5.02 Å². The van der Waals surface area contributed by atoms with Gasteiger partial charge in [-0.1, -0.05) is 36.6 Å². The van der Waals surface area contributed by atoms with Crippen molar-refractivity contribution in [2.45, 2.75) is 51.2 Å². The van der Waals surface area contributed by atoms with Gasteiger partial charge in [-0.3, -0.25) is 9.79 Å². The summed E-state index contributed by atoms with van der Waals surface area (Å²) < 4.78 is 5.89. The molecular weight excluding hydrogens is 376 g/mol. The first kappa shape index (κ1) is 20.8. The van der Waals surface area contributed by atoms with Gasteiger partial charge < -0.3 is 20.3 Å².